The number of halogens is 1. The number of fused-ring (bicyclic) bond motifs is 1. The number of anilines is 1. The highest BCUT2D eigenvalue weighted by molar-refractivity contribution is 6.30. The molecule has 7 heteroatoms. The van der Waals surface area contributed by atoms with Crippen molar-refractivity contribution >= 4 is 23.2 Å². The van der Waals surface area contributed by atoms with Crippen LogP contribution in [0.4, 0.5) is 5.69 Å². The first-order valence-electron chi connectivity index (χ1n) is 7.82. The van der Waals surface area contributed by atoms with Gasteiger partial charge < -0.3 is 10.6 Å². The van der Waals surface area contributed by atoms with Gasteiger partial charge in [0.2, 0.25) is 5.91 Å². The first-order chi connectivity index (χ1) is 11.4. The van der Waals surface area contributed by atoms with E-state index in [1.54, 1.807) is 17.6 Å². The molecule has 2 aromatic rings. The lowest BCUT2D eigenvalue weighted by Gasteiger charge is -2.14. The number of hydrogen-bond donors (Lipinski definition) is 2. The fraction of sp³-hybridized carbons (Fsp3) is 0.353. The summed E-state index contributed by atoms with van der Waals surface area (Å²) in [7, 11) is 0. The minimum Gasteiger partial charge on any atom is -0.373 e. The third-order valence-electron chi connectivity index (χ3n) is 4.12. The Bertz CT molecular complexity index is 847. The standard InChI is InChI=1S/C17H19ClN4O2/c1-10-7-11(2)22(17(24)20-10)6-5-19-16(23)15-9-12-8-13(18)3-4-14(12)21-15/h3-4,7-8,15,21H,5-6,9H2,1-2H3,(H,19,23)/t15-/m1/s1. The van der Waals surface area contributed by atoms with Gasteiger partial charge in [0.25, 0.3) is 0 Å². The molecule has 0 saturated heterocycles. The molecular weight excluding hydrogens is 328 g/mol. The van der Waals surface area contributed by atoms with Gasteiger partial charge in [0.1, 0.15) is 6.04 Å². The number of benzene rings is 1. The molecule has 2 heterocycles. The van der Waals surface area contributed by atoms with Gasteiger partial charge in [-0.25, -0.2) is 4.79 Å². The highest BCUT2D eigenvalue weighted by Crippen LogP contribution is 2.28. The molecule has 0 unspecified atom stereocenters. The van der Waals surface area contributed by atoms with E-state index in [-0.39, 0.29) is 17.6 Å². The zero-order valence-corrected chi connectivity index (χ0v) is 14.4. The first-order valence-corrected chi connectivity index (χ1v) is 8.19. The Morgan fingerprint density at radius 3 is 2.96 bits per heavy atom. The lowest BCUT2D eigenvalue weighted by Crippen LogP contribution is -2.41. The van der Waals surface area contributed by atoms with E-state index in [4.69, 9.17) is 11.6 Å². The van der Waals surface area contributed by atoms with Crippen LogP contribution in [0.5, 0.6) is 0 Å². The van der Waals surface area contributed by atoms with Gasteiger partial charge in [0.05, 0.1) is 0 Å². The SMILES string of the molecule is Cc1cc(C)n(CCNC(=O)[C@H]2Cc3cc(Cl)ccc3N2)c(=O)n1. The molecule has 0 fully saturated rings. The third kappa shape index (κ3) is 3.43. The third-order valence-corrected chi connectivity index (χ3v) is 4.35. The number of carbonyl (C=O) groups excluding carboxylic acids is 1. The number of aryl methyl sites for hydroxylation is 2. The number of amides is 1. The van der Waals surface area contributed by atoms with E-state index >= 15 is 0 Å². The summed E-state index contributed by atoms with van der Waals surface area (Å²) in [6, 6.07) is 7.09. The van der Waals surface area contributed by atoms with Gasteiger partial charge in [-0.1, -0.05) is 11.6 Å². The second-order valence-corrected chi connectivity index (χ2v) is 6.40. The summed E-state index contributed by atoms with van der Waals surface area (Å²) >= 11 is 5.98. The Morgan fingerprint density at radius 2 is 2.21 bits per heavy atom. The lowest BCUT2D eigenvalue weighted by molar-refractivity contribution is -0.121. The second kappa shape index (κ2) is 6.65. The highest BCUT2D eigenvalue weighted by atomic mass is 35.5. The molecule has 0 spiro atoms. The number of aromatic nitrogens is 2. The van der Waals surface area contributed by atoms with Crippen LogP contribution in [0.1, 0.15) is 17.0 Å². The monoisotopic (exact) mass is 346 g/mol. The molecule has 0 saturated carbocycles. The van der Waals surface area contributed by atoms with Crippen molar-refractivity contribution in [1.29, 1.82) is 0 Å². The van der Waals surface area contributed by atoms with Crippen molar-refractivity contribution in [2.75, 3.05) is 11.9 Å². The topological polar surface area (TPSA) is 76.0 Å². The van der Waals surface area contributed by atoms with E-state index in [0.717, 1.165) is 16.9 Å². The summed E-state index contributed by atoms with van der Waals surface area (Å²) < 4.78 is 1.56. The molecule has 1 atom stereocenters. The molecule has 1 aromatic heterocycles. The van der Waals surface area contributed by atoms with E-state index < -0.39 is 0 Å². The molecule has 1 amide bonds. The second-order valence-electron chi connectivity index (χ2n) is 5.97. The summed E-state index contributed by atoms with van der Waals surface area (Å²) in [5.41, 5.74) is 3.22. The summed E-state index contributed by atoms with van der Waals surface area (Å²) in [5.74, 6) is -0.0897. The van der Waals surface area contributed by atoms with E-state index in [1.807, 2.05) is 25.1 Å². The van der Waals surface area contributed by atoms with Crippen molar-refractivity contribution in [2.45, 2.75) is 32.9 Å². The van der Waals surface area contributed by atoms with Gasteiger partial charge in [-0.05, 0) is 43.7 Å². The number of nitrogens with one attached hydrogen (secondary N) is 2. The predicted molar refractivity (Wildman–Crippen MR) is 93.5 cm³/mol. The van der Waals surface area contributed by atoms with Gasteiger partial charge in [0, 0.05) is 41.6 Å². The van der Waals surface area contributed by atoms with Crippen LogP contribution in [-0.2, 0) is 17.8 Å². The maximum Gasteiger partial charge on any atom is 0.348 e. The zero-order chi connectivity index (χ0) is 17.3. The zero-order valence-electron chi connectivity index (χ0n) is 13.6. The summed E-state index contributed by atoms with van der Waals surface area (Å²) in [6.45, 7) is 4.42. The van der Waals surface area contributed by atoms with Crippen LogP contribution in [-0.4, -0.2) is 28.0 Å². The fourth-order valence-electron chi connectivity index (χ4n) is 2.95. The summed E-state index contributed by atoms with van der Waals surface area (Å²) in [4.78, 5) is 28.1. The average Bonchev–Trinajstić information content (AvgIpc) is 2.92. The predicted octanol–water partition coefficient (Wildman–Crippen LogP) is 1.67. The van der Waals surface area contributed by atoms with E-state index in [9.17, 15) is 9.59 Å². The number of hydrogen-bond acceptors (Lipinski definition) is 4. The molecule has 24 heavy (non-hydrogen) atoms. The molecule has 0 radical (unpaired) electrons. The van der Waals surface area contributed by atoms with Gasteiger partial charge >= 0.3 is 5.69 Å². The molecule has 1 aliphatic heterocycles. The molecule has 2 N–H and O–H groups in total. The minimum absolute atomic E-state index is 0.0897. The van der Waals surface area contributed by atoms with Crippen molar-refractivity contribution < 1.29 is 4.79 Å². The Labute approximate surface area is 144 Å². The molecule has 126 valence electrons. The number of nitrogens with zero attached hydrogens (tertiary/aromatic N) is 2. The van der Waals surface area contributed by atoms with Crippen molar-refractivity contribution in [1.82, 2.24) is 14.9 Å². The summed E-state index contributed by atoms with van der Waals surface area (Å²) in [6.07, 6.45) is 0.604. The molecule has 3 rings (SSSR count). The normalized spacial score (nSPS) is 15.7. The smallest absolute Gasteiger partial charge is 0.348 e. The Morgan fingerprint density at radius 1 is 1.42 bits per heavy atom. The van der Waals surface area contributed by atoms with Crippen molar-refractivity contribution in [3.05, 3.63) is 56.7 Å². The quantitative estimate of drug-likeness (QED) is 0.883. The number of carbonyl (C=O) groups is 1. The van der Waals surface area contributed by atoms with E-state index in [1.165, 1.54) is 0 Å². The largest absolute Gasteiger partial charge is 0.373 e. The van der Waals surface area contributed by atoms with Crippen LogP contribution in [0.2, 0.25) is 5.02 Å². The van der Waals surface area contributed by atoms with E-state index in [2.05, 4.69) is 15.6 Å². The van der Waals surface area contributed by atoms with Crippen molar-refractivity contribution in [3.8, 4) is 0 Å². The van der Waals surface area contributed by atoms with Crippen LogP contribution in [0.3, 0.4) is 0 Å². The van der Waals surface area contributed by atoms with Crippen LogP contribution in [0.15, 0.2) is 29.1 Å². The molecule has 6 nitrogen and oxygen atoms in total. The van der Waals surface area contributed by atoms with Crippen LogP contribution in [0.25, 0.3) is 0 Å². The van der Waals surface area contributed by atoms with Gasteiger partial charge in [-0.15, -0.1) is 0 Å². The first kappa shape index (κ1) is 16.5. The number of rotatable bonds is 4. The average molecular weight is 347 g/mol. The molecule has 1 aromatic carbocycles. The fourth-order valence-corrected chi connectivity index (χ4v) is 3.14. The maximum atomic E-state index is 12.3. The Kier molecular flexibility index (Phi) is 4.57. The Balaban J connectivity index is 1.57. The van der Waals surface area contributed by atoms with Crippen molar-refractivity contribution in [3.63, 3.8) is 0 Å². The van der Waals surface area contributed by atoms with Gasteiger partial charge in [-0.2, -0.15) is 4.98 Å². The van der Waals surface area contributed by atoms with Crippen molar-refractivity contribution in [2.24, 2.45) is 0 Å². The van der Waals surface area contributed by atoms with Crippen LogP contribution < -0.4 is 16.3 Å². The Hall–Kier alpha value is -2.34. The minimum atomic E-state index is -0.313. The molecule has 1 aliphatic rings. The van der Waals surface area contributed by atoms with Crippen LogP contribution >= 0.6 is 11.6 Å². The lowest BCUT2D eigenvalue weighted by atomic mass is 10.1. The van der Waals surface area contributed by atoms with Crippen LogP contribution in [0, 0.1) is 13.8 Å². The maximum absolute atomic E-state index is 12.3. The molecular formula is C17H19ClN4O2. The molecule has 0 bridgehead atoms. The summed E-state index contributed by atoms with van der Waals surface area (Å²) in [5, 5.41) is 6.72. The van der Waals surface area contributed by atoms with Gasteiger partial charge in [0.15, 0.2) is 0 Å². The van der Waals surface area contributed by atoms with Gasteiger partial charge in [-0.3, -0.25) is 9.36 Å². The van der Waals surface area contributed by atoms with E-state index in [0.29, 0.717) is 30.2 Å². The molecule has 0 aliphatic carbocycles. The highest BCUT2D eigenvalue weighted by Gasteiger charge is 2.26.